The minimum atomic E-state index is -3.51. The van der Waals surface area contributed by atoms with Crippen molar-refractivity contribution in [2.75, 3.05) is 31.6 Å². The molecule has 2 aromatic carbocycles. The first-order chi connectivity index (χ1) is 15.1. The summed E-state index contributed by atoms with van der Waals surface area (Å²) in [5.41, 5.74) is 4.50. The highest BCUT2D eigenvalue weighted by Gasteiger charge is 2.39. The van der Waals surface area contributed by atoms with Gasteiger partial charge in [0.2, 0.25) is 10.0 Å². The van der Waals surface area contributed by atoms with Crippen molar-refractivity contribution in [2.45, 2.75) is 23.3 Å². The van der Waals surface area contributed by atoms with Crippen molar-refractivity contribution in [1.29, 1.82) is 0 Å². The van der Waals surface area contributed by atoms with Crippen molar-refractivity contribution in [2.24, 2.45) is 5.92 Å². The number of ether oxygens (including phenoxy) is 1. The van der Waals surface area contributed by atoms with Crippen molar-refractivity contribution in [3.05, 3.63) is 71.9 Å². The minimum Gasteiger partial charge on any atom is -0.379 e. The monoisotopic (exact) mass is 435 g/mol. The fourth-order valence-electron chi connectivity index (χ4n) is 5.33. The Morgan fingerprint density at radius 2 is 1.87 bits per heavy atom. The zero-order valence-electron chi connectivity index (χ0n) is 17.1. The molecule has 1 aliphatic carbocycles. The summed E-state index contributed by atoms with van der Waals surface area (Å²) in [6.07, 6.45) is 7.57. The molecule has 1 saturated heterocycles. The van der Waals surface area contributed by atoms with Crippen LogP contribution in [0.2, 0.25) is 0 Å². The topological polar surface area (TPSA) is 74.4 Å². The van der Waals surface area contributed by atoms with E-state index in [1.165, 1.54) is 15.3 Å². The fourth-order valence-corrected chi connectivity index (χ4v) is 6.77. The third kappa shape index (κ3) is 3.03. The Labute approximate surface area is 182 Å². The third-order valence-electron chi connectivity index (χ3n) is 6.90. The van der Waals surface area contributed by atoms with Crippen molar-refractivity contribution in [1.82, 2.24) is 9.29 Å². The molecule has 3 unspecified atom stereocenters. The van der Waals surface area contributed by atoms with Crippen molar-refractivity contribution >= 4 is 26.6 Å². The molecule has 1 fully saturated rings. The van der Waals surface area contributed by atoms with Crippen molar-refractivity contribution < 1.29 is 13.2 Å². The van der Waals surface area contributed by atoms with Gasteiger partial charge in [-0.15, -0.1) is 0 Å². The minimum absolute atomic E-state index is 0.172. The molecule has 31 heavy (non-hydrogen) atoms. The number of morpholine rings is 1. The van der Waals surface area contributed by atoms with Crippen LogP contribution in [-0.2, 0) is 14.8 Å². The second-order valence-corrected chi connectivity index (χ2v) is 10.5. The summed E-state index contributed by atoms with van der Waals surface area (Å²) in [4.78, 5) is 3.77. The molecule has 6 rings (SSSR count). The second kappa shape index (κ2) is 7.22. The summed E-state index contributed by atoms with van der Waals surface area (Å²) in [7, 11) is -3.51. The second-order valence-electron chi connectivity index (χ2n) is 8.53. The molecule has 0 saturated carbocycles. The number of benzene rings is 2. The molecule has 7 heteroatoms. The number of para-hydroxylation sites is 1. The highest BCUT2D eigenvalue weighted by atomic mass is 32.2. The molecule has 0 spiro atoms. The molecular weight excluding hydrogens is 410 g/mol. The predicted octanol–water partition coefficient (Wildman–Crippen LogP) is 4.02. The number of sulfonamides is 1. The van der Waals surface area contributed by atoms with E-state index in [1.54, 1.807) is 6.07 Å². The molecule has 6 nitrogen and oxygen atoms in total. The molecule has 0 radical (unpaired) electrons. The number of rotatable bonds is 3. The first-order valence-electron chi connectivity index (χ1n) is 10.8. The Bertz CT molecular complexity index is 1270. The summed E-state index contributed by atoms with van der Waals surface area (Å²) in [5, 5.41) is 4.97. The largest absolute Gasteiger partial charge is 0.379 e. The summed E-state index contributed by atoms with van der Waals surface area (Å²) in [6.45, 7) is 1.72. The van der Waals surface area contributed by atoms with Gasteiger partial charge in [0.05, 0.1) is 24.2 Å². The molecule has 3 atom stereocenters. The fraction of sp³-hybridized carbons (Fsp3) is 0.333. The van der Waals surface area contributed by atoms with Crippen LogP contribution in [0.25, 0.3) is 10.9 Å². The van der Waals surface area contributed by atoms with Gasteiger partial charge in [-0.3, -0.25) is 0 Å². The Kier molecular flexibility index (Phi) is 4.45. The van der Waals surface area contributed by atoms with Crippen LogP contribution >= 0.6 is 0 Å². The highest BCUT2D eigenvalue weighted by Crippen LogP contribution is 2.51. The standard InChI is InChI=1S/C24H25N3O3S/c28-31(29,27-10-12-30-13-11-27)16-8-9-23-20(14-16)17-5-3-6-19(17)24(26-23)21-15-25-22-7-2-1-4-18(21)22/h1-5,7-9,14-15,17,19,24-26H,6,10-13H2. The molecule has 160 valence electrons. The van der Waals surface area contributed by atoms with Crippen LogP contribution in [0.1, 0.15) is 29.5 Å². The van der Waals surface area contributed by atoms with Gasteiger partial charge in [-0.1, -0.05) is 30.4 Å². The average molecular weight is 436 g/mol. The maximum absolute atomic E-state index is 13.2. The first kappa shape index (κ1) is 19.1. The predicted molar refractivity (Wildman–Crippen MR) is 121 cm³/mol. The Morgan fingerprint density at radius 3 is 2.74 bits per heavy atom. The van der Waals surface area contributed by atoms with Crippen LogP contribution in [0, 0.1) is 5.92 Å². The van der Waals surface area contributed by atoms with Crippen LogP contribution in [-0.4, -0.2) is 44.0 Å². The van der Waals surface area contributed by atoms with Gasteiger partial charge in [0.1, 0.15) is 0 Å². The zero-order chi connectivity index (χ0) is 21.0. The number of nitrogens with one attached hydrogen (secondary N) is 2. The number of fused-ring (bicyclic) bond motifs is 4. The summed E-state index contributed by atoms with van der Waals surface area (Å²) in [6, 6.07) is 14.1. The average Bonchev–Trinajstić information content (AvgIpc) is 3.47. The lowest BCUT2D eigenvalue weighted by atomic mass is 9.77. The van der Waals surface area contributed by atoms with Crippen molar-refractivity contribution in [3.8, 4) is 0 Å². The first-order valence-corrected chi connectivity index (χ1v) is 12.3. The van der Waals surface area contributed by atoms with Gasteiger partial charge >= 0.3 is 0 Å². The van der Waals surface area contributed by atoms with Gasteiger partial charge in [-0.05, 0) is 47.7 Å². The van der Waals surface area contributed by atoms with E-state index in [0.29, 0.717) is 37.1 Å². The summed E-state index contributed by atoms with van der Waals surface area (Å²) >= 11 is 0. The molecule has 3 heterocycles. The van der Waals surface area contributed by atoms with E-state index in [4.69, 9.17) is 4.74 Å². The van der Waals surface area contributed by atoms with Crippen LogP contribution in [0.5, 0.6) is 0 Å². The lowest BCUT2D eigenvalue weighted by Crippen LogP contribution is -2.40. The molecule has 2 N–H and O–H groups in total. The number of H-pyrrole nitrogens is 1. The number of hydrogen-bond acceptors (Lipinski definition) is 4. The third-order valence-corrected chi connectivity index (χ3v) is 8.79. The number of anilines is 1. The van der Waals surface area contributed by atoms with Gasteiger partial charge in [0, 0.05) is 41.8 Å². The SMILES string of the molecule is O=S(=O)(c1ccc2c(c1)C1C=CCC1C(c1c[nH]c3ccccc13)N2)N1CCOCC1. The molecule has 3 aliphatic rings. The number of aromatic nitrogens is 1. The maximum atomic E-state index is 13.2. The van der Waals surface area contributed by atoms with E-state index in [-0.39, 0.29) is 12.0 Å². The maximum Gasteiger partial charge on any atom is 0.243 e. The summed E-state index contributed by atoms with van der Waals surface area (Å²) < 4.78 is 33.2. The lowest BCUT2D eigenvalue weighted by Gasteiger charge is -2.37. The molecule has 0 bridgehead atoms. The Balaban J connectivity index is 1.40. The van der Waals surface area contributed by atoms with E-state index in [0.717, 1.165) is 23.2 Å². The van der Waals surface area contributed by atoms with Gasteiger partial charge in [0.15, 0.2) is 0 Å². The quantitative estimate of drug-likeness (QED) is 0.610. The van der Waals surface area contributed by atoms with Gasteiger partial charge in [-0.2, -0.15) is 4.31 Å². The van der Waals surface area contributed by atoms with Crippen LogP contribution in [0.4, 0.5) is 5.69 Å². The highest BCUT2D eigenvalue weighted by molar-refractivity contribution is 7.89. The Morgan fingerprint density at radius 1 is 1.03 bits per heavy atom. The smallest absolute Gasteiger partial charge is 0.243 e. The molecule has 2 aliphatic heterocycles. The number of hydrogen-bond donors (Lipinski definition) is 2. The van der Waals surface area contributed by atoms with E-state index in [2.05, 4.69) is 46.8 Å². The van der Waals surface area contributed by atoms with E-state index in [1.807, 2.05) is 18.2 Å². The molecular formula is C24H25N3O3S. The zero-order valence-corrected chi connectivity index (χ0v) is 17.9. The van der Waals surface area contributed by atoms with E-state index >= 15 is 0 Å². The normalized spacial score (nSPS) is 25.9. The van der Waals surface area contributed by atoms with Gasteiger partial charge in [0.25, 0.3) is 0 Å². The van der Waals surface area contributed by atoms with E-state index in [9.17, 15) is 8.42 Å². The van der Waals surface area contributed by atoms with Gasteiger partial charge < -0.3 is 15.0 Å². The van der Waals surface area contributed by atoms with Crippen LogP contribution < -0.4 is 5.32 Å². The molecule has 0 amide bonds. The van der Waals surface area contributed by atoms with Crippen molar-refractivity contribution in [3.63, 3.8) is 0 Å². The Hall–Kier alpha value is -2.61. The molecule has 3 aromatic rings. The van der Waals surface area contributed by atoms with Crippen LogP contribution in [0.3, 0.4) is 0 Å². The molecule has 1 aromatic heterocycles. The number of aromatic amines is 1. The van der Waals surface area contributed by atoms with Gasteiger partial charge in [-0.25, -0.2) is 8.42 Å². The van der Waals surface area contributed by atoms with E-state index < -0.39 is 10.0 Å². The number of allylic oxidation sites excluding steroid dienone is 2. The lowest BCUT2D eigenvalue weighted by molar-refractivity contribution is 0.0730. The summed E-state index contributed by atoms with van der Waals surface area (Å²) in [5.74, 6) is 0.558. The van der Waals surface area contributed by atoms with Crippen LogP contribution in [0.15, 0.2) is 65.7 Å². The number of nitrogens with zero attached hydrogens (tertiary/aromatic N) is 1.